The van der Waals surface area contributed by atoms with Crippen LogP contribution in [0.1, 0.15) is 28.5 Å². The highest BCUT2D eigenvalue weighted by atomic mass is 19.4. The van der Waals surface area contributed by atoms with Crippen molar-refractivity contribution in [3.8, 4) is 0 Å². The van der Waals surface area contributed by atoms with E-state index >= 15 is 0 Å². The van der Waals surface area contributed by atoms with E-state index in [0.29, 0.717) is 5.69 Å². The zero-order valence-electron chi connectivity index (χ0n) is 14.9. The minimum atomic E-state index is -4.43. The van der Waals surface area contributed by atoms with Gasteiger partial charge in [-0.05, 0) is 36.2 Å². The standard InChI is InChI=1S/C20H17F3N4O/c1-2-13-6-3-4-9-16(13)27-19(28)17-11-25-18(12-24-17)26-15-8-5-7-14(10-15)20(21,22)23/h3-12H,2H2,1H3,(H,25,26)(H,27,28). The van der Waals surface area contributed by atoms with Gasteiger partial charge in [0.25, 0.3) is 5.91 Å². The van der Waals surface area contributed by atoms with Crippen LogP contribution in [0.25, 0.3) is 0 Å². The summed E-state index contributed by atoms with van der Waals surface area (Å²) >= 11 is 0. The maximum absolute atomic E-state index is 12.8. The fourth-order valence-electron chi connectivity index (χ4n) is 2.57. The molecule has 8 heteroatoms. The molecule has 2 N–H and O–H groups in total. The highest BCUT2D eigenvalue weighted by molar-refractivity contribution is 6.03. The summed E-state index contributed by atoms with van der Waals surface area (Å²) < 4.78 is 38.3. The van der Waals surface area contributed by atoms with Crippen LogP contribution < -0.4 is 10.6 Å². The third-order valence-corrected chi connectivity index (χ3v) is 3.99. The van der Waals surface area contributed by atoms with Crippen LogP contribution in [0.15, 0.2) is 60.9 Å². The number of amides is 1. The smallest absolute Gasteiger partial charge is 0.339 e. The van der Waals surface area contributed by atoms with Crippen molar-refractivity contribution < 1.29 is 18.0 Å². The summed E-state index contributed by atoms with van der Waals surface area (Å²) in [7, 11) is 0. The molecule has 0 aliphatic carbocycles. The fraction of sp³-hybridized carbons (Fsp3) is 0.150. The van der Waals surface area contributed by atoms with E-state index in [2.05, 4.69) is 20.6 Å². The van der Waals surface area contributed by atoms with Crippen molar-refractivity contribution in [2.24, 2.45) is 0 Å². The summed E-state index contributed by atoms with van der Waals surface area (Å²) in [6, 6.07) is 12.2. The largest absolute Gasteiger partial charge is 0.416 e. The lowest BCUT2D eigenvalue weighted by Crippen LogP contribution is -2.15. The second kappa shape index (κ2) is 8.08. The Labute approximate surface area is 159 Å². The number of aryl methyl sites for hydroxylation is 1. The monoisotopic (exact) mass is 386 g/mol. The van der Waals surface area contributed by atoms with Crippen molar-refractivity contribution >= 4 is 23.1 Å². The molecule has 1 heterocycles. The number of alkyl halides is 3. The topological polar surface area (TPSA) is 66.9 Å². The van der Waals surface area contributed by atoms with Crippen molar-refractivity contribution in [3.63, 3.8) is 0 Å². The van der Waals surface area contributed by atoms with Crippen LogP contribution in [0.5, 0.6) is 0 Å². The molecule has 0 bridgehead atoms. The molecule has 5 nitrogen and oxygen atoms in total. The molecule has 0 aliphatic heterocycles. The minimum absolute atomic E-state index is 0.0977. The number of carbonyl (C=O) groups excluding carboxylic acids is 1. The summed E-state index contributed by atoms with van der Waals surface area (Å²) in [5.74, 6) is -0.191. The van der Waals surface area contributed by atoms with Gasteiger partial charge < -0.3 is 10.6 Å². The lowest BCUT2D eigenvalue weighted by atomic mass is 10.1. The van der Waals surface area contributed by atoms with E-state index in [9.17, 15) is 18.0 Å². The molecule has 28 heavy (non-hydrogen) atoms. The Morgan fingerprint density at radius 1 is 1.04 bits per heavy atom. The van der Waals surface area contributed by atoms with Gasteiger partial charge >= 0.3 is 6.18 Å². The van der Waals surface area contributed by atoms with Crippen LogP contribution in [-0.4, -0.2) is 15.9 Å². The van der Waals surface area contributed by atoms with Crippen LogP contribution in [-0.2, 0) is 12.6 Å². The van der Waals surface area contributed by atoms with Gasteiger partial charge in [-0.2, -0.15) is 13.2 Å². The van der Waals surface area contributed by atoms with E-state index in [1.807, 2.05) is 25.1 Å². The Balaban J connectivity index is 1.71. The molecule has 0 atom stereocenters. The molecule has 3 rings (SSSR count). The fourth-order valence-corrected chi connectivity index (χ4v) is 2.57. The Morgan fingerprint density at radius 2 is 1.82 bits per heavy atom. The lowest BCUT2D eigenvalue weighted by Gasteiger charge is -2.11. The molecule has 0 saturated carbocycles. The summed E-state index contributed by atoms with van der Waals surface area (Å²) in [6.45, 7) is 1.99. The van der Waals surface area contributed by atoms with Crippen molar-refractivity contribution in [3.05, 3.63) is 77.7 Å². The molecule has 2 aromatic carbocycles. The number of carbonyl (C=O) groups is 1. The average molecular weight is 386 g/mol. The van der Waals surface area contributed by atoms with Gasteiger partial charge in [0.1, 0.15) is 11.5 Å². The zero-order valence-corrected chi connectivity index (χ0v) is 14.9. The molecule has 144 valence electrons. The predicted molar refractivity (Wildman–Crippen MR) is 101 cm³/mol. The molecule has 0 unspecified atom stereocenters. The van der Waals surface area contributed by atoms with Gasteiger partial charge in [-0.25, -0.2) is 9.97 Å². The maximum atomic E-state index is 12.8. The molecule has 3 aromatic rings. The Morgan fingerprint density at radius 3 is 2.50 bits per heavy atom. The molecule has 1 amide bonds. The van der Waals surface area contributed by atoms with E-state index in [4.69, 9.17) is 0 Å². The summed E-state index contributed by atoms with van der Waals surface area (Å²) in [5, 5.41) is 5.53. The maximum Gasteiger partial charge on any atom is 0.416 e. The molecular weight excluding hydrogens is 369 g/mol. The van der Waals surface area contributed by atoms with Gasteiger partial charge in [0, 0.05) is 11.4 Å². The zero-order chi connectivity index (χ0) is 20.1. The summed E-state index contributed by atoms with van der Waals surface area (Å²) in [5.41, 5.74) is 1.24. The Bertz CT molecular complexity index is 972. The van der Waals surface area contributed by atoms with Crippen LogP contribution in [0.2, 0.25) is 0 Å². The van der Waals surface area contributed by atoms with Gasteiger partial charge in [0.2, 0.25) is 0 Å². The number of rotatable bonds is 5. The first-order valence-corrected chi connectivity index (χ1v) is 8.52. The average Bonchev–Trinajstić information content (AvgIpc) is 2.68. The lowest BCUT2D eigenvalue weighted by molar-refractivity contribution is -0.137. The van der Waals surface area contributed by atoms with Crippen LogP contribution in [0, 0.1) is 0 Å². The first kappa shape index (κ1) is 19.3. The molecule has 0 saturated heterocycles. The Kier molecular flexibility index (Phi) is 5.58. The van der Waals surface area contributed by atoms with Crippen molar-refractivity contribution in [1.82, 2.24) is 9.97 Å². The molecule has 0 fully saturated rings. The number of anilines is 3. The number of hydrogen-bond donors (Lipinski definition) is 2. The number of halogens is 3. The van der Waals surface area contributed by atoms with Gasteiger partial charge in [-0.1, -0.05) is 31.2 Å². The second-order valence-corrected chi connectivity index (χ2v) is 5.96. The van der Waals surface area contributed by atoms with Gasteiger partial charge in [0.15, 0.2) is 0 Å². The molecule has 1 aromatic heterocycles. The van der Waals surface area contributed by atoms with Crippen molar-refractivity contribution in [2.75, 3.05) is 10.6 Å². The first-order chi connectivity index (χ1) is 13.4. The van der Waals surface area contributed by atoms with E-state index in [1.165, 1.54) is 24.5 Å². The van der Waals surface area contributed by atoms with Crippen molar-refractivity contribution in [1.29, 1.82) is 0 Å². The first-order valence-electron chi connectivity index (χ1n) is 8.52. The molecule has 0 aliphatic rings. The van der Waals surface area contributed by atoms with Crippen LogP contribution >= 0.6 is 0 Å². The third-order valence-electron chi connectivity index (χ3n) is 3.99. The minimum Gasteiger partial charge on any atom is -0.339 e. The van der Waals surface area contributed by atoms with Gasteiger partial charge in [-0.3, -0.25) is 4.79 Å². The van der Waals surface area contributed by atoms with Crippen LogP contribution in [0.3, 0.4) is 0 Å². The predicted octanol–water partition coefficient (Wildman–Crippen LogP) is 5.05. The van der Waals surface area contributed by atoms with Gasteiger partial charge in [0.05, 0.1) is 18.0 Å². The second-order valence-electron chi connectivity index (χ2n) is 5.96. The number of aromatic nitrogens is 2. The number of para-hydroxylation sites is 1. The van der Waals surface area contributed by atoms with Crippen LogP contribution in [0.4, 0.5) is 30.4 Å². The van der Waals surface area contributed by atoms with Gasteiger partial charge in [-0.15, -0.1) is 0 Å². The van der Waals surface area contributed by atoms with Crippen molar-refractivity contribution in [2.45, 2.75) is 19.5 Å². The number of nitrogens with zero attached hydrogens (tertiary/aromatic N) is 2. The normalized spacial score (nSPS) is 11.1. The highest BCUT2D eigenvalue weighted by Gasteiger charge is 2.30. The summed E-state index contributed by atoms with van der Waals surface area (Å²) in [6.07, 6.45) is -1.11. The van der Waals surface area contributed by atoms with E-state index in [-0.39, 0.29) is 17.2 Å². The highest BCUT2D eigenvalue weighted by Crippen LogP contribution is 2.31. The number of hydrogen-bond acceptors (Lipinski definition) is 4. The summed E-state index contributed by atoms with van der Waals surface area (Å²) in [4.78, 5) is 20.4. The third kappa shape index (κ3) is 4.64. The van der Waals surface area contributed by atoms with E-state index in [0.717, 1.165) is 24.1 Å². The number of nitrogens with one attached hydrogen (secondary N) is 2. The SMILES string of the molecule is CCc1ccccc1NC(=O)c1cnc(Nc2cccc(C(F)(F)F)c2)cn1. The van der Waals surface area contributed by atoms with E-state index < -0.39 is 17.6 Å². The quantitative estimate of drug-likeness (QED) is 0.644. The molecule has 0 spiro atoms. The number of benzene rings is 2. The van der Waals surface area contributed by atoms with E-state index in [1.54, 1.807) is 6.07 Å². The Hall–Kier alpha value is -3.42. The molecule has 0 radical (unpaired) electrons. The molecular formula is C20H17F3N4O.